The Labute approximate surface area is 145 Å². The molecule has 7 heteroatoms. The van der Waals surface area contributed by atoms with Crippen LogP contribution in [0.15, 0.2) is 28.6 Å². The van der Waals surface area contributed by atoms with Gasteiger partial charge in [-0.15, -0.1) is 10.2 Å². The number of amides is 1. The zero-order chi connectivity index (χ0) is 16.7. The standard InChI is InChI=1S/C16H22N4OS2/c1-4-13(12-8-6-11(3)7-9-12)18-14(21)10-22-16-20-19-15(23-16)17-5-2/h6-9,13H,4-5,10H2,1-3H3,(H,17,19)(H,18,21)/t13-/m0/s1. The van der Waals surface area contributed by atoms with Gasteiger partial charge in [-0.25, -0.2) is 0 Å². The van der Waals surface area contributed by atoms with E-state index in [0.717, 1.165) is 28.0 Å². The van der Waals surface area contributed by atoms with Crippen molar-refractivity contribution in [1.82, 2.24) is 15.5 Å². The Morgan fingerprint density at radius 2 is 2.00 bits per heavy atom. The molecule has 1 heterocycles. The molecule has 2 aromatic rings. The predicted molar refractivity (Wildman–Crippen MR) is 97.2 cm³/mol. The first-order chi connectivity index (χ1) is 11.1. The lowest BCUT2D eigenvalue weighted by atomic mass is 10.0. The number of aryl methyl sites for hydroxylation is 1. The second-order valence-electron chi connectivity index (χ2n) is 5.13. The van der Waals surface area contributed by atoms with Gasteiger partial charge in [0.15, 0.2) is 4.34 Å². The molecule has 0 fully saturated rings. The number of carbonyl (C=O) groups is 1. The van der Waals surface area contributed by atoms with Gasteiger partial charge in [-0.3, -0.25) is 4.79 Å². The lowest BCUT2D eigenvalue weighted by molar-refractivity contribution is -0.119. The molecule has 0 saturated heterocycles. The molecule has 124 valence electrons. The van der Waals surface area contributed by atoms with Crippen molar-refractivity contribution in [2.75, 3.05) is 17.6 Å². The maximum Gasteiger partial charge on any atom is 0.230 e. The maximum atomic E-state index is 12.2. The Morgan fingerprint density at radius 3 is 2.65 bits per heavy atom. The smallest absolute Gasteiger partial charge is 0.230 e. The van der Waals surface area contributed by atoms with Gasteiger partial charge in [-0.1, -0.05) is 59.9 Å². The first-order valence-corrected chi connectivity index (χ1v) is 9.48. The van der Waals surface area contributed by atoms with Crippen LogP contribution in [0.5, 0.6) is 0 Å². The van der Waals surface area contributed by atoms with Crippen LogP contribution in [-0.2, 0) is 4.79 Å². The SMILES string of the molecule is CCNc1nnc(SCC(=O)N[C@@H](CC)c2ccc(C)cc2)s1. The molecule has 0 radical (unpaired) electrons. The van der Waals surface area contributed by atoms with E-state index in [1.165, 1.54) is 28.7 Å². The summed E-state index contributed by atoms with van der Waals surface area (Å²) in [5.41, 5.74) is 2.36. The van der Waals surface area contributed by atoms with Gasteiger partial charge < -0.3 is 10.6 Å². The highest BCUT2D eigenvalue weighted by Crippen LogP contribution is 2.25. The van der Waals surface area contributed by atoms with Gasteiger partial charge in [0.1, 0.15) is 0 Å². The molecule has 5 nitrogen and oxygen atoms in total. The monoisotopic (exact) mass is 350 g/mol. The van der Waals surface area contributed by atoms with Crippen molar-refractivity contribution >= 4 is 34.1 Å². The summed E-state index contributed by atoms with van der Waals surface area (Å²) >= 11 is 2.89. The lowest BCUT2D eigenvalue weighted by Crippen LogP contribution is -2.29. The first-order valence-electron chi connectivity index (χ1n) is 7.68. The molecule has 1 aromatic heterocycles. The molecule has 2 rings (SSSR count). The number of carbonyl (C=O) groups excluding carboxylic acids is 1. The van der Waals surface area contributed by atoms with Gasteiger partial charge in [-0.2, -0.15) is 0 Å². The maximum absolute atomic E-state index is 12.2. The Kier molecular flexibility index (Phi) is 6.85. The van der Waals surface area contributed by atoms with Gasteiger partial charge in [0.05, 0.1) is 11.8 Å². The fraction of sp³-hybridized carbons (Fsp3) is 0.438. The molecule has 1 amide bonds. The number of nitrogens with zero attached hydrogens (tertiary/aromatic N) is 2. The van der Waals surface area contributed by atoms with E-state index >= 15 is 0 Å². The second kappa shape index (κ2) is 8.88. The molecule has 0 unspecified atom stereocenters. The molecule has 0 aliphatic carbocycles. The highest BCUT2D eigenvalue weighted by molar-refractivity contribution is 8.01. The van der Waals surface area contributed by atoms with Crippen molar-refractivity contribution in [2.45, 2.75) is 37.6 Å². The number of benzene rings is 1. The highest BCUT2D eigenvalue weighted by atomic mass is 32.2. The van der Waals surface area contributed by atoms with E-state index in [4.69, 9.17) is 0 Å². The minimum absolute atomic E-state index is 0.0163. The normalized spacial score (nSPS) is 12.0. The summed E-state index contributed by atoms with van der Waals surface area (Å²) in [6, 6.07) is 8.34. The van der Waals surface area contributed by atoms with E-state index in [2.05, 4.69) is 58.9 Å². The number of aromatic nitrogens is 2. The molecule has 0 saturated carbocycles. The minimum atomic E-state index is 0.0163. The summed E-state index contributed by atoms with van der Waals surface area (Å²) in [5.74, 6) is 0.367. The van der Waals surface area contributed by atoms with Gasteiger partial charge >= 0.3 is 0 Å². The van der Waals surface area contributed by atoms with Crippen LogP contribution in [0.3, 0.4) is 0 Å². The summed E-state index contributed by atoms with van der Waals surface area (Å²) in [6.07, 6.45) is 0.864. The van der Waals surface area contributed by atoms with Crippen molar-refractivity contribution < 1.29 is 4.79 Å². The Balaban J connectivity index is 1.85. The Hall–Kier alpha value is -1.60. The van der Waals surface area contributed by atoms with Crippen LogP contribution in [0, 0.1) is 6.92 Å². The fourth-order valence-electron chi connectivity index (χ4n) is 2.07. The average molecular weight is 351 g/mol. The summed E-state index contributed by atoms with van der Waals surface area (Å²) in [6.45, 7) is 6.96. The highest BCUT2D eigenvalue weighted by Gasteiger charge is 2.14. The van der Waals surface area contributed by atoms with Crippen LogP contribution >= 0.6 is 23.1 Å². The summed E-state index contributed by atoms with van der Waals surface area (Å²) in [4.78, 5) is 12.2. The zero-order valence-corrected chi connectivity index (χ0v) is 15.3. The number of thioether (sulfide) groups is 1. The Bertz CT molecular complexity index is 627. The van der Waals surface area contributed by atoms with Gasteiger partial charge in [0.2, 0.25) is 11.0 Å². The minimum Gasteiger partial charge on any atom is -0.360 e. The third kappa shape index (κ3) is 5.51. The van der Waals surface area contributed by atoms with Crippen molar-refractivity contribution in [2.24, 2.45) is 0 Å². The average Bonchev–Trinajstić information content (AvgIpc) is 3.00. The Morgan fingerprint density at radius 1 is 1.26 bits per heavy atom. The van der Waals surface area contributed by atoms with Crippen molar-refractivity contribution in [3.05, 3.63) is 35.4 Å². The molecular weight excluding hydrogens is 328 g/mol. The third-order valence-electron chi connectivity index (χ3n) is 3.28. The van der Waals surface area contributed by atoms with E-state index in [0.29, 0.717) is 5.75 Å². The second-order valence-corrected chi connectivity index (χ2v) is 7.33. The van der Waals surface area contributed by atoms with Gasteiger partial charge in [0.25, 0.3) is 0 Å². The molecule has 2 N–H and O–H groups in total. The topological polar surface area (TPSA) is 66.9 Å². The van der Waals surface area contributed by atoms with Crippen molar-refractivity contribution in [1.29, 1.82) is 0 Å². The lowest BCUT2D eigenvalue weighted by Gasteiger charge is -2.17. The van der Waals surface area contributed by atoms with Crippen LogP contribution < -0.4 is 10.6 Å². The third-order valence-corrected chi connectivity index (χ3v) is 5.30. The van der Waals surface area contributed by atoms with E-state index in [1.54, 1.807) is 0 Å². The molecule has 0 spiro atoms. The van der Waals surface area contributed by atoms with E-state index in [-0.39, 0.29) is 11.9 Å². The van der Waals surface area contributed by atoms with Gasteiger partial charge in [0, 0.05) is 6.54 Å². The number of anilines is 1. The van der Waals surface area contributed by atoms with E-state index in [9.17, 15) is 4.79 Å². The van der Waals surface area contributed by atoms with Gasteiger partial charge in [-0.05, 0) is 25.8 Å². The number of rotatable bonds is 8. The summed E-state index contributed by atoms with van der Waals surface area (Å²) in [7, 11) is 0. The van der Waals surface area contributed by atoms with Crippen LogP contribution in [0.2, 0.25) is 0 Å². The summed E-state index contributed by atoms with van der Waals surface area (Å²) in [5, 5.41) is 15.1. The van der Waals surface area contributed by atoms with Crippen LogP contribution in [0.1, 0.15) is 37.4 Å². The fourth-order valence-corrected chi connectivity index (χ4v) is 3.70. The van der Waals surface area contributed by atoms with Crippen LogP contribution in [0.4, 0.5) is 5.13 Å². The molecular formula is C16H22N4OS2. The number of nitrogens with one attached hydrogen (secondary N) is 2. The van der Waals surface area contributed by atoms with E-state index < -0.39 is 0 Å². The molecule has 0 bridgehead atoms. The van der Waals surface area contributed by atoms with Crippen molar-refractivity contribution in [3.63, 3.8) is 0 Å². The molecule has 0 aliphatic rings. The number of hydrogen-bond acceptors (Lipinski definition) is 6. The largest absolute Gasteiger partial charge is 0.360 e. The van der Waals surface area contributed by atoms with E-state index in [1.807, 2.05) is 6.92 Å². The number of hydrogen-bond donors (Lipinski definition) is 2. The quantitative estimate of drug-likeness (QED) is 0.712. The molecule has 1 aromatic carbocycles. The first kappa shape index (κ1) is 17.7. The summed E-state index contributed by atoms with van der Waals surface area (Å²) < 4.78 is 0.805. The molecule has 0 aliphatic heterocycles. The molecule has 23 heavy (non-hydrogen) atoms. The van der Waals surface area contributed by atoms with Crippen LogP contribution in [0.25, 0.3) is 0 Å². The van der Waals surface area contributed by atoms with Crippen LogP contribution in [-0.4, -0.2) is 28.4 Å². The zero-order valence-electron chi connectivity index (χ0n) is 13.6. The molecule has 1 atom stereocenters. The predicted octanol–water partition coefficient (Wildman–Crippen LogP) is 3.64. The van der Waals surface area contributed by atoms with Crippen molar-refractivity contribution in [3.8, 4) is 0 Å².